The Morgan fingerprint density at radius 3 is 2.15 bits per heavy atom. The zero-order chi connectivity index (χ0) is 32.1. The summed E-state index contributed by atoms with van der Waals surface area (Å²) in [5, 5.41) is 0. The smallest absolute Gasteiger partial charge is 0.416 e. The number of alkyl halides is 3. The topological polar surface area (TPSA) is 62.0 Å². The summed E-state index contributed by atoms with van der Waals surface area (Å²) in [5.74, 6) is 2.01. The van der Waals surface area contributed by atoms with E-state index in [0.29, 0.717) is 38.0 Å². The average Bonchev–Trinajstić information content (AvgIpc) is 3.60. The molecule has 6 rings (SSSR count). The minimum absolute atomic E-state index is 0.0115. The van der Waals surface area contributed by atoms with Crippen molar-refractivity contribution in [1.29, 1.82) is 0 Å². The third-order valence-electron chi connectivity index (χ3n) is 10.6. The van der Waals surface area contributed by atoms with Gasteiger partial charge in [-0.05, 0) is 104 Å². The van der Waals surface area contributed by atoms with Gasteiger partial charge in [-0.25, -0.2) is 4.31 Å². The van der Waals surface area contributed by atoms with Gasteiger partial charge in [0.25, 0.3) is 0 Å². The Hall–Kier alpha value is -2.27. The summed E-state index contributed by atoms with van der Waals surface area (Å²) >= 11 is 1.62. The number of ether oxygens (including phenoxy) is 1. The molecule has 0 spiro atoms. The van der Waals surface area contributed by atoms with E-state index in [1.54, 1.807) is 24.1 Å². The second-order valence-electron chi connectivity index (χ2n) is 13.8. The number of carbonyl (C=O) groups excluding carboxylic acids is 1. The minimum Gasteiger partial charge on any atom is -0.493 e. The van der Waals surface area contributed by atoms with E-state index in [1.165, 1.54) is 44.2 Å². The first kappa shape index (κ1) is 33.6. The second kappa shape index (κ2) is 15.3. The molecule has 2 aliphatic heterocycles. The van der Waals surface area contributed by atoms with Gasteiger partial charge in [0, 0.05) is 49.7 Å². The predicted molar refractivity (Wildman–Crippen MR) is 176 cm³/mol. The van der Waals surface area contributed by atoms with Gasteiger partial charge in [0.1, 0.15) is 11.8 Å². The first-order valence-electron chi connectivity index (χ1n) is 17.4. The third kappa shape index (κ3) is 8.41. The molecule has 2 N–H and O–H groups in total. The number of nitrogens with two attached hydrogens (primary N) is 1. The Balaban J connectivity index is 1.18. The molecule has 252 valence electrons. The number of amides is 1. The van der Waals surface area contributed by atoms with E-state index in [4.69, 9.17) is 10.5 Å². The first-order valence-corrected chi connectivity index (χ1v) is 18.1. The van der Waals surface area contributed by atoms with Crippen molar-refractivity contribution in [3.05, 3.63) is 59.7 Å². The Morgan fingerprint density at radius 2 is 1.50 bits per heavy atom. The van der Waals surface area contributed by atoms with Crippen molar-refractivity contribution >= 4 is 17.9 Å². The molecule has 2 saturated heterocycles. The quantitative estimate of drug-likeness (QED) is 0.281. The fourth-order valence-corrected chi connectivity index (χ4v) is 8.89. The fraction of sp³-hybridized carbons (Fsp3) is 0.639. The van der Waals surface area contributed by atoms with Gasteiger partial charge in [-0.1, -0.05) is 44.2 Å². The Morgan fingerprint density at radius 1 is 0.848 bits per heavy atom. The molecule has 2 heterocycles. The molecule has 1 amide bonds. The highest BCUT2D eigenvalue weighted by Crippen LogP contribution is 2.42. The van der Waals surface area contributed by atoms with Crippen LogP contribution in [-0.4, -0.2) is 71.4 Å². The number of hydrogen-bond donors (Lipinski definition) is 1. The SMILES string of the molecule is NC1CCN(C(=O)C2CN(C(c3ccc(C(F)(F)F)cc3)C3CCCC3)CCN2Sc2ccc(OCC3CCCCC3)cc2)CC1. The van der Waals surface area contributed by atoms with E-state index in [9.17, 15) is 18.0 Å². The molecule has 0 bridgehead atoms. The van der Waals surface area contributed by atoms with Crippen molar-refractivity contribution in [2.24, 2.45) is 17.6 Å². The second-order valence-corrected chi connectivity index (χ2v) is 14.9. The minimum atomic E-state index is -4.36. The molecular formula is C36H49F3N4O2S. The summed E-state index contributed by atoms with van der Waals surface area (Å²) in [6.07, 6.45) is 8.04. The van der Waals surface area contributed by atoms with Crippen LogP contribution in [0.5, 0.6) is 5.75 Å². The number of likely N-dealkylation sites (tertiary alicyclic amines) is 1. The fourth-order valence-electron chi connectivity index (χ4n) is 7.90. The van der Waals surface area contributed by atoms with E-state index in [-0.39, 0.29) is 24.0 Å². The van der Waals surface area contributed by atoms with Gasteiger partial charge in [0.2, 0.25) is 5.91 Å². The van der Waals surface area contributed by atoms with Gasteiger partial charge in [-0.15, -0.1) is 0 Å². The molecule has 2 aliphatic carbocycles. The standard InChI is InChI=1S/C36H49F3N4O2S/c37-36(38,39)29-12-10-28(11-13-29)34(27-8-4-5-9-27)42-22-23-43(33(24-42)35(44)41-20-18-30(40)19-21-41)46-32-16-14-31(15-17-32)45-25-26-6-2-1-3-7-26/h10-17,26-27,30,33-34H,1-9,18-25,40H2. The normalized spacial score (nSPS) is 23.9. The maximum atomic E-state index is 14.2. The molecule has 10 heteroatoms. The van der Waals surface area contributed by atoms with Crippen LogP contribution in [0.3, 0.4) is 0 Å². The highest BCUT2D eigenvalue weighted by atomic mass is 32.2. The van der Waals surface area contributed by atoms with E-state index in [2.05, 4.69) is 21.3 Å². The molecule has 4 fully saturated rings. The third-order valence-corrected chi connectivity index (χ3v) is 11.7. The van der Waals surface area contributed by atoms with E-state index in [1.807, 2.05) is 17.0 Å². The van der Waals surface area contributed by atoms with E-state index >= 15 is 0 Å². The van der Waals surface area contributed by atoms with Gasteiger partial charge < -0.3 is 15.4 Å². The van der Waals surface area contributed by atoms with Crippen LogP contribution >= 0.6 is 11.9 Å². The molecule has 0 radical (unpaired) electrons. The number of hydrogen-bond acceptors (Lipinski definition) is 6. The van der Waals surface area contributed by atoms with Crippen molar-refractivity contribution in [1.82, 2.24) is 14.1 Å². The molecule has 4 aliphatic rings. The number of benzene rings is 2. The van der Waals surface area contributed by atoms with E-state index in [0.717, 1.165) is 67.9 Å². The lowest BCUT2D eigenvalue weighted by Gasteiger charge is -2.46. The lowest BCUT2D eigenvalue weighted by molar-refractivity contribution is -0.139. The van der Waals surface area contributed by atoms with Crippen LogP contribution in [-0.2, 0) is 11.0 Å². The van der Waals surface area contributed by atoms with Gasteiger partial charge in [0.05, 0.1) is 12.2 Å². The molecule has 2 aromatic carbocycles. The lowest BCUT2D eigenvalue weighted by Crippen LogP contribution is -2.59. The molecule has 2 aromatic rings. The van der Waals surface area contributed by atoms with Crippen LogP contribution in [0.25, 0.3) is 0 Å². The number of piperidine rings is 1. The van der Waals surface area contributed by atoms with Crippen LogP contribution in [0.1, 0.15) is 87.8 Å². The summed E-state index contributed by atoms with van der Waals surface area (Å²) in [6.45, 7) is 4.05. The van der Waals surface area contributed by atoms with Crippen molar-refractivity contribution in [2.75, 3.05) is 39.3 Å². The Labute approximate surface area is 276 Å². The number of rotatable bonds is 9. The lowest BCUT2D eigenvalue weighted by atomic mass is 9.88. The maximum Gasteiger partial charge on any atom is 0.416 e. The van der Waals surface area contributed by atoms with Gasteiger partial charge in [0.15, 0.2) is 0 Å². The van der Waals surface area contributed by atoms with Crippen molar-refractivity contribution in [3.8, 4) is 5.75 Å². The van der Waals surface area contributed by atoms with Crippen molar-refractivity contribution < 1.29 is 22.7 Å². The molecule has 6 nitrogen and oxygen atoms in total. The average molecular weight is 659 g/mol. The van der Waals surface area contributed by atoms with E-state index < -0.39 is 11.7 Å². The number of halogens is 3. The zero-order valence-corrected chi connectivity index (χ0v) is 27.6. The first-order chi connectivity index (χ1) is 22.2. The van der Waals surface area contributed by atoms with Crippen LogP contribution in [0.2, 0.25) is 0 Å². The maximum absolute atomic E-state index is 14.2. The summed E-state index contributed by atoms with van der Waals surface area (Å²) in [6, 6.07) is 13.7. The van der Waals surface area contributed by atoms with Crippen molar-refractivity contribution in [3.63, 3.8) is 0 Å². The molecular weight excluding hydrogens is 609 g/mol. The molecule has 2 saturated carbocycles. The highest BCUT2D eigenvalue weighted by molar-refractivity contribution is 7.97. The van der Waals surface area contributed by atoms with Gasteiger partial charge in [-0.3, -0.25) is 9.69 Å². The van der Waals surface area contributed by atoms with Crippen molar-refractivity contribution in [2.45, 2.75) is 99.8 Å². The predicted octanol–water partition coefficient (Wildman–Crippen LogP) is 7.54. The Bertz CT molecular complexity index is 1260. The summed E-state index contributed by atoms with van der Waals surface area (Å²) in [5.41, 5.74) is 6.47. The molecule has 2 unspecified atom stereocenters. The molecule has 0 aromatic heterocycles. The Kier molecular flexibility index (Phi) is 11.2. The summed E-state index contributed by atoms with van der Waals surface area (Å²) in [7, 11) is 0. The summed E-state index contributed by atoms with van der Waals surface area (Å²) in [4.78, 5) is 19.6. The van der Waals surface area contributed by atoms with Crippen LogP contribution in [0.15, 0.2) is 53.4 Å². The highest BCUT2D eigenvalue weighted by Gasteiger charge is 2.41. The summed E-state index contributed by atoms with van der Waals surface area (Å²) < 4.78 is 48.6. The van der Waals surface area contributed by atoms with Gasteiger partial charge in [-0.2, -0.15) is 13.2 Å². The number of nitrogens with zero attached hydrogens (tertiary/aromatic N) is 3. The zero-order valence-electron chi connectivity index (χ0n) is 26.8. The molecule has 2 atom stereocenters. The monoisotopic (exact) mass is 658 g/mol. The van der Waals surface area contributed by atoms with Gasteiger partial charge >= 0.3 is 6.18 Å². The largest absolute Gasteiger partial charge is 0.493 e. The number of piperazine rings is 1. The number of carbonyl (C=O) groups is 1. The van der Waals surface area contributed by atoms with Crippen LogP contribution in [0, 0.1) is 11.8 Å². The van der Waals surface area contributed by atoms with Crippen LogP contribution in [0.4, 0.5) is 13.2 Å². The molecule has 46 heavy (non-hydrogen) atoms. The van der Waals surface area contributed by atoms with Crippen LogP contribution < -0.4 is 10.5 Å².